The van der Waals surface area contributed by atoms with Crippen molar-refractivity contribution in [2.75, 3.05) is 19.0 Å². The second-order valence-corrected chi connectivity index (χ2v) is 4.61. The van der Waals surface area contributed by atoms with Gasteiger partial charge in [0.2, 0.25) is 5.91 Å². The predicted octanol–water partition coefficient (Wildman–Crippen LogP) is 1.55. The number of amides is 1. The van der Waals surface area contributed by atoms with E-state index in [1.807, 2.05) is 0 Å². The molecule has 0 bridgehead atoms. The van der Waals surface area contributed by atoms with Gasteiger partial charge in [0.25, 0.3) is 0 Å². The van der Waals surface area contributed by atoms with E-state index in [0.29, 0.717) is 17.7 Å². The number of methoxy groups -OCH3 is 1. The van der Waals surface area contributed by atoms with Crippen molar-refractivity contribution >= 4 is 17.6 Å². The van der Waals surface area contributed by atoms with Crippen molar-refractivity contribution in [1.82, 2.24) is 5.32 Å². The Morgan fingerprint density at radius 2 is 2.11 bits per heavy atom. The molecule has 1 fully saturated rings. The highest BCUT2D eigenvalue weighted by Crippen LogP contribution is 2.13. The number of anilines is 1. The zero-order chi connectivity index (χ0) is 13.7. The fourth-order valence-corrected chi connectivity index (χ4v) is 2.17. The summed E-state index contributed by atoms with van der Waals surface area (Å²) in [5.41, 5.74) is 1.16. The highest BCUT2D eigenvalue weighted by atomic mass is 16.5. The Morgan fingerprint density at radius 3 is 2.68 bits per heavy atom. The van der Waals surface area contributed by atoms with Crippen molar-refractivity contribution in [1.29, 1.82) is 0 Å². The van der Waals surface area contributed by atoms with Crippen molar-refractivity contribution in [2.24, 2.45) is 0 Å². The number of hydrogen-bond acceptors (Lipinski definition) is 4. The van der Waals surface area contributed by atoms with E-state index in [9.17, 15) is 9.59 Å². The molecule has 19 heavy (non-hydrogen) atoms. The third kappa shape index (κ3) is 3.79. The minimum atomic E-state index is -0.381. The molecular weight excluding hydrogens is 244 g/mol. The fourth-order valence-electron chi connectivity index (χ4n) is 2.17. The van der Waals surface area contributed by atoms with Crippen LogP contribution in [0.2, 0.25) is 0 Å². The molecule has 2 N–H and O–H groups in total. The third-order valence-corrected chi connectivity index (χ3v) is 3.18. The summed E-state index contributed by atoms with van der Waals surface area (Å²) in [5, 5.41) is 6.10. The lowest BCUT2D eigenvalue weighted by atomic mass is 10.1. The van der Waals surface area contributed by atoms with Gasteiger partial charge in [-0.3, -0.25) is 4.79 Å². The summed E-state index contributed by atoms with van der Waals surface area (Å²) in [6.45, 7) is 0.992. The van der Waals surface area contributed by atoms with Crippen molar-refractivity contribution in [3.63, 3.8) is 0 Å². The van der Waals surface area contributed by atoms with Crippen LogP contribution in [-0.2, 0) is 9.53 Å². The molecule has 1 amide bonds. The van der Waals surface area contributed by atoms with E-state index in [1.165, 1.54) is 7.11 Å². The van der Waals surface area contributed by atoms with E-state index in [-0.39, 0.29) is 17.9 Å². The van der Waals surface area contributed by atoms with Crippen molar-refractivity contribution in [3.05, 3.63) is 29.8 Å². The second-order valence-electron chi connectivity index (χ2n) is 4.61. The summed E-state index contributed by atoms with van der Waals surface area (Å²) in [6.07, 6.45) is 2.67. The molecule has 2 rings (SSSR count). The molecule has 0 aromatic heterocycles. The zero-order valence-electron chi connectivity index (χ0n) is 10.9. The monoisotopic (exact) mass is 262 g/mol. The van der Waals surface area contributed by atoms with Crippen molar-refractivity contribution in [3.8, 4) is 0 Å². The number of benzene rings is 1. The Bertz CT molecular complexity index is 450. The van der Waals surface area contributed by atoms with Gasteiger partial charge in [-0.15, -0.1) is 0 Å². The van der Waals surface area contributed by atoms with Crippen LogP contribution in [0.4, 0.5) is 5.69 Å². The van der Waals surface area contributed by atoms with Gasteiger partial charge in [-0.2, -0.15) is 0 Å². The number of nitrogens with one attached hydrogen (secondary N) is 2. The molecule has 102 valence electrons. The SMILES string of the molecule is COC(=O)c1ccc(NC(=O)CC2CCCN2)cc1. The minimum absolute atomic E-state index is 0.00906. The van der Waals surface area contributed by atoms with Gasteiger partial charge in [0.05, 0.1) is 12.7 Å². The van der Waals surface area contributed by atoms with Crippen LogP contribution in [0.1, 0.15) is 29.6 Å². The summed E-state index contributed by atoms with van der Waals surface area (Å²) in [6, 6.07) is 6.96. The van der Waals surface area contributed by atoms with Crippen LogP contribution in [0.5, 0.6) is 0 Å². The summed E-state index contributed by atoms with van der Waals surface area (Å²) < 4.78 is 4.61. The Hall–Kier alpha value is -1.88. The number of ether oxygens (including phenoxy) is 1. The van der Waals surface area contributed by atoms with Gasteiger partial charge in [0.1, 0.15) is 0 Å². The molecule has 0 aliphatic carbocycles. The lowest BCUT2D eigenvalue weighted by Gasteiger charge is -2.10. The first-order valence-corrected chi connectivity index (χ1v) is 6.40. The van der Waals surface area contributed by atoms with E-state index >= 15 is 0 Å². The quantitative estimate of drug-likeness (QED) is 0.808. The molecule has 5 heteroatoms. The summed E-state index contributed by atoms with van der Waals surface area (Å²) in [5.74, 6) is -0.391. The summed E-state index contributed by atoms with van der Waals surface area (Å²) in [4.78, 5) is 23.1. The van der Waals surface area contributed by atoms with Gasteiger partial charge in [-0.25, -0.2) is 4.79 Å². The van der Waals surface area contributed by atoms with Gasteiger partial charge in [-0.1, -0.05) is 0 Å². The van der Waals surface area contributed by atoms with Crippen LogP contribution in [0, 0.1) is 0 Å². The second kappa shape index (κ2) is 6.33. The van der Waals surface area contributed by atoms with E-state index in [0.717, 1.165) is 19.4 Å². The topological polar surface area (TPSA) is 67.4 Å². The first-order valence-electron chi connectivity index (χ1n) is 6.40. The Kier molecular flexibility index (Phi) is 4.52. The zero-order valence-corrected chi connectivity index (χ0v) is 10.9. The summed E-state index contributed by atoms with van der Waals surface area (Å²) >= 11 is 0. The molecule has 1 unspecified atom stereocenters. The average Bonchev–Trinajstić information content (AvgIpc) is 2.91. The van der Waals surface area contributed by atoms with E-state index < -0.39 is 0 Å². The number of esters is 1. The van der Waals surface area contributed by atoms with Gasteiger partial charge in [-0.05, 0) is 43.7 Å². The van der Waals surface area contributed by atoms with Gasteiger partial charge >= 0.3 is 5.97 Å². The molecule has 1 aliphatic heterocycles. The Morgan fingerprint density at radius 1 is 1.37 bits per heavy atom. The lowest BCUT2D eigenvalue weighted by molar-refractivity contribution is -0.116. The maximum Gasteiger partial charge on any atom is 0.337 e. The lowest BCUT2D eigenvalue weighted by Crippen LogP contribution is -2.27. The molecular formula is C14H18N2O3. The fraction of sp³-hybridized carbons (Fsp3) is 0.429. The molecule has 1 heterocycles. The predicted molar refractivity (Wildman–Crippen MR) is 72.1 cm³/mol. The molecule has 0 saturated carbocycles. The number of rotatable bonds is 4. The van der Waals surface area contributed by atoms with E-state index in [4.69, 9.17) is 0 Å². The van der Waals surface area contributed by atoms with E-state index in [2.05, 4.69) is 15.4 Å². The maximum atomic E-state index is 11.8. The highest BCUT2D eigenvalue weighted by Gasteiger charge is 2.17. The minimum Gasteiger partial charge on any atom is -0.465 e. The Labute approximate surface area is 112 Å². The molecule has 0 radical (unpaired) electrons. The standard InChI is InChI=1S/C14H18N2O3/c1-19-14(18)10-4-6-11(7-5-10)16-13(17)9-12-3-2-8-15-12/h4-7,12,15H,2-3,8-9H2,1H3,(H,16,17). The van der Waals surface area contributed by atoms with E-state index in [1.54, 1.807) is 24.3 Å². The van der Waals surface area contributed by atoms with Crippen molar-refractivity contribution < 1.29 is 14.3 Å². The molecule has 1 aliphatic rings. The first kappa shape index (κ1) is 13.5. The molecule has 1 saturated heterocycles. The van der Waals surface area contributed by atoms with Crippen LogP contribution in [0.25, 0.3) is 0 Å². The van der Waals surface area contributed by atoms with Crippen LogP contribution in [0.3, 0.4) is 0 Å². The molecule has 0 spiro atoms. The molecule has 1 aromatic rings. The number of hydrogen-bond donors (Lipinski definition) is 2. The third-order valence-electron chi connectivity index (χ3n) is 3.18. The average molecular weight is 262 g/mol. The Balaban J connectivity index is 1.88. The molecule has 1 atom stereocenters. The first-order chi connectivity index (χ1) is 9.19. The van der Waals surface area contributed by atoms with Crippen LogP contribution in [0.15, 0.2) is 24.3 Å². The highest BCUT2D eigenvalue weighted by molar-refractivity contribution is 5.93. The van der Waals surface area contributed by atoms with Crippen LogP contribution in [-0.4, -0.2) is 31.6 Å². The van der Waals surface area contributed by atoms with Crippen LogP contribution >= 0.6 is 0 Å². The number of carbonyl (C=O) groups excluding carboxylic acids is 2. The van der Waals surface area contributed by atoms with Crippen molar-refractivity contribution in [2.45, 2.75) is 25.3 Å². The van der Waals surface area contributed by atoms with Gasteiger partial charge in [0, 0.05) is 18.2 Å². The van der Waals surface area contributed by atoms with Gasteiger partial charge < -0.3 is 15.4 Å². The number of carbonyl (C=O) groups is 2. The maximum absolute atomic E-state index is 11.8. The summed E-state index contributed by atoms with van der Waals surface area (Å²) in [7, 11) is 1.34. The smallest absolute Gasteiger partial charge is 0.337 e. The normalized spacial score (nSPS) is 18.1. The largest absolute Gasteiger partial charge is 0.465 e. The molecule has 1 aromatic carbocycles. The van der Waals surface area contributed by atoms with Crippen LogP contribution < -0.4 is 10.6 Å². The molecule has 5 nitrogen and oxygen atoms in total. The van der Waals surface area contributed by atoms with Gasteiger partial charge in [0.15, 0.2) is 0 Å².